The molecule has 0 saturated carbocycles. The maximum Gasteiger partial charge on any atom is 0.302 e. The molecule has 2 aromatic rings. The van der Waals surface area contributed by atoms with Crippen molar-refractivity contribution in [1.29, 1.82) is 0 Å². The summed E-state index contributed by atoms with van der Waals surface area (Å²) < 4.78 is 56.9. The number of ether oxygens (including phenoxy) is 1. The third-order valence-corrected chi connectivity index (χ3v) is 8.53. The Morgan fingerprint density at radius 1 is 1.21 bits per heavy atom. The summed E-state index contributed by atoms with van der Waals surface area (Å²) in [7, 11) is -7.55. The van der Waals surface area contributed by atoms with E-state index in [1.807, 2.05) is 13.8 Å². The lowest BCUT2D eigenvalue weighted by molar-refractivity contribution is -0.144. The van der Waals surface area contributed by atoms with Crippen LogP contribution < -0.4 is 10.0 Å². The molecule has 0 amide bonds. The summed E-state index contributed by atoms with van der Waals surface area (Å²) in [4.78, 5) is 26.1. The molecular formula is C26H31N3O8S2. The number of amidine groups is 1. The van der Waals surface area contributed by atoms with E-state index < -0.39 is 43.7 Å². The van der Waals surface area contributed by atoms with Crippen molar-refractivity contribution in [3.05, 3.63) is 59.2 Å². The third-order valence-electron chi connectivity index (χ3n) is 6.55. The van der Waals surface area contributed by atoms with E-state index in [0.29, 0.717) is 24.0 Å². The fraction of sp³-hybridized carbons (Fsp3) is 0.346. The van der Waals surface area contributed by atoms with Gasteiger partial charge in [-0.1, -0.05) is 48.9 Å². The van der Waals surface area contributed by atoms with Gasteiger partial charge in [0, 0.05) is 12.5 Å². The largest absolute Gasteiger partial charge is 0.506 e. The first kappa shape index (κ1) is 28.6. The van der Waals surface area contributed by atoms with E-state index in [0.717, 1.165) is 6.26 Å². The van der Waals surface area contributed by atoms with Crippen molar-refractivity contribution in [2.75, 3.05) is 22.9 Å². The summed E-state index contributed by atoms with van der Waals surface area (Å²) in [6.07, 6.45) is 1.86. The number of hydrogen-bond acceptors (Lipinski definition) is 10. The van der Waals surface area contributed by atoms with Crippen LogP contribution in [0.5, 0.6) is 0 Å². The molecule has 13 heteroatoms. The number of aliphatic hydroxyl groups excluding tert-OH is 1. The number of carbonyl (C=O) groups excluding carboxylic acids is 2. The van der Waals surface area contributed by atoms with Gasteiger partial charge in [0.15, 0.2) is 11.6 Å². The molecule has 0 saturated heterocycles. The minimum absolute atomic E-state index is 0.0883. The Morgan fingerprint density at radius 2 is 1.90 bits per heavy atom. The number of aliphatic hydroxyl groups is 1. The normalized spacial score (nSPS) is 20.9. The highest BCUT2D eigenvalue weighted by molar-refractivity contribution is 8.23. The van der Waals surface area contributed by atoms with E-state index in [1.165, 1.54) is 25.1 Å². The zero-order valence-corrected chi connectivity index (χ0v) is 23.5. The number of carbonyl (C=O) groups is 2. The molecule has 11 nitrogen and oxygen atoms in total. The lowest BCUT2D eigenvalue weighted by Crippen LogP contribution is -2.47. The van der Waals surface area contributed by atoms with Crippen LogP contribution >= 0.6 is 10.8 Å². The van der Waals surface area contributed by atoms with E-state index in [2.05, 4.69) is 14.4 Å². The van der Waals surface area contributed by atoms with E-state index in [-0.39, 0.29) is 40.2 Å². The minimum Gasteiger partial charge on any atom is -0.506 e. The number of Topliss-reactive ketones (excluding diaryl/α,β-unsaturated/α-hetero) is 1. The topological polar surface area (TPSA) is 175 Å². The van der Waals surface area contributed by atoms with Crippen molar-refractivity contribution in [3.63, 3.8) is 0 Å². The summed E-state index contributed by atoms with van der Waals surface area (Å²) in [6, 6.07) is 10.8. The number of fused-ring (bicyclic) bond motifs is 2. The number of sulfonamides is 1. The molecule has 1 aliphatic heterocycles. The van der Waals surface area contributed by atoms with Gasteiger partial charge in [-0.3, -0.25) is 23.4 Å². The molecule has 0 radical (unpaired) electrons. The van der Waals surface area contributed by atoms with Crippen LogP contribution in [-0.4, -0.2) is 53.1 Å². The van der Waals surface area contributed by atoms with Crippen LogP contribution in [0.4, 0.5) is 11.4 Å². The molecule has 4 rings (SSSR count). The van der Waals surface area contributed by atoms with Gasteiger partial charge in [0.25, 0.3) is 0 Å². The van der Waals surface area contributed by atoms with Crippen LogP contribution in [0.1, 0.15) is 44.7 Å². The van der Waals surface area contributed by atoms with Crippen LogP contribution in [-0.2, 0) is 29.8 Å². The smallest absolute Gasteiger partial charge is 0.302 e. The Hall–Kier alpha value is -3.39. The van der Waals surface area contributed by atoms with Crippen molar-refractivity contribution in [2.24, 2.45) is 10.3 Å². The van der Waals surface area contributed by atoms with Gasteiger partial charge in [-0.15, -0.1) is 4.40 Å². The lowest BCUT2D eigenvalue weighted by atomic mass is 9.65. The molecule has 0 aromatic heterocycles. The molecule has 1 atom stereocenters. The average Bonchev–Trinajstić information content (AvgIpc) is 2.83. The second kappa shape index (κ2) is 10.3. The Labute approximate surface area is 228 Å². The highest BCUT2D eigenvalue weighted by atomic mass is 32.3. The molecule has 210 valence electrons. The molecule has 39 heavy (non-hydrogen) atoms. The molecule has 2 aliphatic rings. The van der Waals surface area contributed by atoms with Crippen molar-refractivity contribution >= 4 is 55.5 Å². The minimum atomic E-state index is -3.92. The van der Waals surface area contributed by atoms with Crippen molar-refractivity contribution in [2.45, 2.75) is 43.9 Å². The van der Waals surface area contributed by atoms with E-state index >= 15 is 0 Å². The maximum atomic E-state index is 14.3. The van der Waals surface area contributed by atoms with Crippen LogP contribution in [0.3, 0.4) is 0 Å². The van der Waals surface area contributed by atoms with Gasteiger partial charge in [0.2, 0.25) is 10.0 Å². The van der Waals surface area contributed by atoms with Crippen LogP contribution in [0.25, 0.3) is 5.76 Å². The number of anilines is 2. The van der Waals surface area contributed by atoms with Gasteiger partial charge in [-0.05, 0) is 42.5 Å². The first-order chi connectivity index (χ1) is 18.1. The molecule has 5 N–H and O–H groups in total. The monoisotopic (exact) mass is 577 g/mol. The summed E-state index contributed by atoms with van der Waals surface area (Å²) >= 11 is 0. The third kappa shape index (κ3) is 5.66. The Morgan fingerprint density at radius 3 is 2.54 bits per heavy atom. The summed E-state index contributed by atoms with van der Waals surface area (Å²) in [5, 5.41) is 14.2. The number of nitrogens with zero attached hydrogens (tertiary/aromatic N) is 1. The molecular weight excluding hydrogens is 546 g/mol. The number of benzene rings is 2. The Bertz CT molecular complexity index is 1510. The van der Waals surface area contributed by atoms with Crippen LogP contribution in [0.15, 0.2) is 57.3 Å². The lowest BCUT2D eigenvalue weighted by Gasteiger charge is -2.40. The summed E-state index contributed by atoms with van der Waals surface area (Å²) in [5.41, 5.74) is -0.534. The van der Waals surface area contributed by atoms with Crippen molar-refractivity contribution in [3.8, 4) is 0 Å². The first-order valence-corrected chi connectivity index (χ1v) is 15.5. The van der Waals surface area contributed by atoms with Gasteiger partial charge in [-0.25, -0.2) is 8.42 Å². The van der Waals surface area contributed by atoms with E-state index in [9.17, 15) is 32.2 Å². The highest BCUT2D eigenvalue weighted by Gasteiger charge is 2.50. The predicted octanol–water partition coefficient (Wildman–Crippen LogP) is 4.70. The Kier molecular flexibility index (Phi) is 7.56. The fourth-order valence-electron chi connectivity index (χ4n) is 4.72. The first-order valence-electron chi connectivity index (χ1n) is 12.1. The number of rotatable bonds is 8. The molecule has 0 fully saturated rings. The predicted molar refractivity (Wildman–Crippen MR) is 150 cm³/mol. The zero-order chi connectivity index (χ0) is 28.8. The van der Waals surface area contributed by atoms with E-state index in [4.69, 9.17) is 4.74 Å². The molecule has 1 aliphatic carbocycles. The second-order valence-corrected chi connectivity index (χ2v) is 13.5. The highest BCUT2D eigenvalue weighted by Crippen LogP contribution is 2.57. The van der Waals surface area contributed by atoms with Gasteiger partial charge in [0.05, 0.1) is 23.0 Å². The Balaban J connectivity index is 1.87. The quantitative estimate of drug-likeness (QED) is 0.279. The van der Waals surface area contributed by atoms with E-state index in [1.54, 1.807) is 24.3 Å². The van der Waals surface area contributed by atoms with Crippen molar-refractivity contribution < 1.29 is 37.0 Å². The second-order valence-electron chi connectivity index (χ2n) is 10.1. The van der Waals surface area contributed by atoms with Crippen LogP contribution in [0.2, 0.25) is 0 Å². The van der Waals surface area contributed by atoms with Gasteiger partial charge >= 0.3 is 5.97 Å². The van der Waals surface area contributed by atoms with Crippen LogP contribution in [0, 0.1) is 5.92 Å². The number of ketones is 1. The number of esters is 1. The zero-order valence-electron chi connectivity index (χ0n) is 21.9. The summed E-state index contributed by atoms with van der Waals surface area (Å²) in [6.45, 7) is 4.97. The molecule has 1 heterocycles. The van der Waals surface area contributed by atoms with Crippen molar-refractivity contribution in [1.82, 2.24) is 0 Å². The molecule has 2 aromatic carbocycles. The molecule has 0 bridgehead atoms. The number of nitrogens with one attached hydrogen (secondary N) is 2. The number of hydrogen-bond donors (Lipinski definition) is 5. The fourth-order valence-corrected chi connectivity index (χ4v) is 6.46. The van der Waals surface area contributed by atoms with Gasteiger partial charge in [0.1, 0.15) is 22.8 Å². The maximum absolute atomic E-state index is 14.3. The molecule has 1 unspecified atom stereocenters. The van der Waals surface area contributed by atoms with Gasteiger partial charge < -0.3 is 15.2 Å². The average molecular weight is 578 g/mol. The SMILES string of the molecule is CC(=O)OCC1(CCC(C)C)C(=O)C(C2=NS(O)(O)c3cc(NS(C)(=O)=O)ccc3N2)=C(O)c2ccccc21. The summed E-state index contributed by atoms with van der Waals surface area (Å²) in [5.74, 6) is -1.61. The standard InChI is InChI=1S/C26H31N3O8S2/c1-15(2)11-12-26(14-37-16(3)30)19-8-6-5-7-18(19)23(31)22(24(26)32)25-27-20-10-9-17(28-38(4,33)34)13-21(20)39(35,36)29-25/h5-10,13,15,28,31,35-36H,11-12,14H2,1-4H3,(H,27,29). The van der Waals surface area contributed by atoms with Gasteiger partial charge in [-0.2, -0.15) is 0 Å². The molecule has 0 spiro atoms.